The highest BCUT2D eigenvalue weighted by molar-refractivity contribution is 7.99. The van der Waals surface area contributed by atoms with Gasteiger partial charge in [0.25, 0.3) is 0 Å². The Labute approximate surface area is 145 Å². The van der Waals surface area contributed by atoms with Crippen LogP contribution in [-0.4, -0.2) is 55.8 Å². The van der Waals surface area contributed by atoms with Gasteiger partial charge in [0.2, 0.25) is 5.91 Å². The Hall–Kier alpha value is -1.87. The smallest absolute Gasteiger partial charge is 0.241 e. The molecule has 0 saturated carbocycles. The summed E-state index contributed by atoms with van der Waals surface area (Å²) in [4.78, 5) is 12.1. The number of piperidine rings is 1. The number of hydrogen-bond donors (Lipinski definition) is 2. The zero-order chi connectivity index (χ0) is 16.8. The highest BCUT2D eigenvalue weighted by Gasteiger charge is 2.19. The van der Waals surface area contributed by atoms with E-state index < -0.39 is 0 Å². The van der Waals surface area contributed by atoms with Crippen LogP contribution < -0.4 is 10.6 Å². The molecule has 0 bridgehead atoms. The van der Waals surface area contributed by atoms with Gasteiger partial charge in [-0.25, -0.2) is 0 Å². The van der Waals surface area contributed by atoms with Crippen molar-refractivity contribution in [2.24, 2.45) is 7.05 Å². The first-order valence-electron chi connectivity index (χ1n) is 8.20. The summed E-state index contributed by atoms with van der Waals surface area (Å²) in [6, 6.07) is 2.02. The van der Waals surface area contributed by atoms with Crippen LogP contribution in [0.2, 0.25) is 0 Å². The number of amides is 1. The second-order valence-corrected chi connectivity index (χ2v) is 6.94. The van der Waals surface area contributed by atoms with Crippen LogP contribution in [0.4, 0.5) is 0 Å². The second kappa shape index (κ2) is 8.29. The molecule has 0 aliphatic carbocycles. The summed E-state index contributed by atoms with van der Waals surface area (Å²) in [6.45, 7) is 2.90. The van der Waals surface area contributed by atoms with Gasteiger partial charge < -0.3 is 15.2 Å². The molecule has 8 nitrogen and oxygen atoms in total. The van der Waals surface area contributed by atoms with Gasteiger partial charge in [-0.15, -0.1) is 10.2 Å². The third-order valence-electron chi connectivity index (χ3n) is 4.08. The second-order valence-electron chi connectivity index (χ2n) is 5.88. The fourth-order valence-corrected chi connectivity index (χ4v) is 3.60. The van der Waals surface area contributed by atoms with Crippen LogP contribution in [0.5, 0.6) is 0 Å². The zero-order valence-corrected chi connectivity index (χ0v) is 14.6. The number of thioether (sulfide) groups is 1. The minimum atomic E-state index is -0.0118. The van der Waals surface area contributed by atoms with Crippen LogP contribution >= 0.6 is 11.8 Å². The van der Waals surface area contributed by atoms with E-state index in [2.05, 4.69) is 25.9 Å². The van der Waals surface area contributed by atoms with Gasteiger partial charge in [-0.05, 0) is 25.5 Å². The molecule has 2 aromatic heterocycles. The van der Waals surface area contributed by atoms with Gasteiger partial charge in [-0.2, -0.15) is 5.10 Å². The average Bonchev–Trinajstić information content (AvgIpc) is 3.21. The van der Waals surface area contributed by atoms with E-state index in [0.717, 1.165) is 36.1 Å². The van der Waals surface area contributed by atoms with Crippen LogP contribution in [0.25, 0.3) is 0 Å². The number of aryl methyl sites for hydroxylation is 1. The minimum absolute atomic E-state index is 0.0118. The van der Waals surface area contributed by atoms with Crippen molar-refractivity contribution in [2.45, 2.75) is 30.5 Å². The monoisotopic (exact) mass is 349 g/mol. The molecule has 1 unspecified atom stereocenters. The van der Waals surface area contributed by atoms with Crippen molar-refractivity contribution >= 4 is 17.7 Å². The van der Waals surface area contributed by atoms with Crippen molar-refractivity contribution in [3.63, 3.8) is 0 Å². The molecule has 1 amide bonds. The lowest BCUT2D eigenvalue weighted by Gasteiger charge is -2.23. The number of hydrogen-bond acceptors (Lipinski definition) is 6. The molecule has 0 radical (unpaired) electrons. The number of nitrogens with one attached hydrogen (secondary N) is 2. The van der Waals surface area contributed by atoms with E-state index in [1.807, 2.05) is 22.4 Å². The van der Waals surface area contributed by atoms with Crippen LogP contribution in [0, 0.1) is 0 Å². The van der Waals surface area contributed by atoms with Gasteiger partial charge in [0.1, 0.15) is 12.9 Å². The molecule has 0 aromatic carbocycles. The summed E-state index contributed by atoms with van der Waals surface area (Å²) in [5, 5.41) is 19.3. The van der Waals surface area contributed by atoms with Crippen LogP contribution in [0.1, 0.15) is 24.5 Å². The lowest BCUT2D eigenvalue weighted by molar-refractivity contribution is -0.121. The van der Waals surface area contributed by atoms with Crippen molar-refractivity contribution in [3.05, 3.63) is 24.3 Å². The SMILES string of the molecule is Cn1cnnc1SCCNC(=O)Cn1nccc1C1CCCNC1. The summed E-state index contributed by atoms with van der Waals surface area (Å²) < 4.78 is 3.68. The number of carbonyl (C=O) groups excluding carboxylic acids is 1. The van der Waals surface area contributed by atoms with E-state index in [4.69, 9.17) is 0 Å². The van der Waals surface area contributed by atoms with E-state index in [1.165, 1.54) is 6.42 Å². The molecule has 1 saturated heterocycles. The quantitative estimate of drug-likeness (QED) is 0.555. The van der Waals surface area contributed by atoms with Crippen LogP contribution in [-0.2, 0) is 18.4 Å². The zero-order valence-electron chi connectivity index (χ0n) is 13.8. The Morgan fingerprint density at radius 1 is 1.54 bits per heavy atom. The fraction of sp³-hybridized carbons (Fsp3) is 0.600. The Morgan fingerprint density at radius 2 is 2.46 bits per heavy atom. The van der Waals surface area contributed by atoms with Gasteiger partial charge in [0.05, 0.1) is 0 Å². The van der Waals surface area contributed by atoms with E-state index in [-0.39, 0.29) is 12.5 Å². The van der Waals surface area contributed by atoms with Crippen molar-refractivity contribution in [1.82, 2.24) is 35.2 Å². The van der Waals surface area contributed by atoms with E-state index in [0.29, 0.717) is 12.5 Å². The maximum Gasteiger partial charge on any atom is 0.241 e. The third kappa shape index (κ3) is 4.35. The molecule has 1 fully saturated rings. The van der Waals surface area contributed by atoms with Crippen molar-refractivity contribution in [3.8, 4) is 0 Å². The Bertz CT molecular complexity index is 662. The van der Waals surface area contributed by atoms with Crippen molar-refractivity contribution in [2.75, 3.05) is 25.4 Å². The molecule has 3 heterocycles. The molecule has 24 heavy (non-hydrogen) atoms. The van der Waals surface area contributed by atoms with E-state index >= 15 is 0 Å². The van der Waals surface area contributed by atoms with E-state index in [9.17, 15) is 4.79 Å². The topological polar surface area (TPSA) is 89.7 Å². The minimum Gasteiger partial charge on any atom is -0.354 e. The number of nitrogens with zero attached hydrogens (tertiary/aromatic N) is 5. The Kier molecular flexibility index (Phi) is 5.86. The van der Waals surface area contributed by atoms with Gasteiger partial charge >= 0.3 is 0 Å². The van der Waals surface area contributed by atoms with Crippen molar-refractivity contribution in [1.29, 1.82) is 0 Å². The lowest BCUT2D eigenvalue weighted by Crippen LogP contribution is -2.33. The maximum atomic E-state index is 12.1. The molecular weight excluding hydrogens is 326 g/mol. The van der Waals surface area contributed by atoms with Gasteiger partial charge in [-0.3, -0.25) is 9.48 Å². The molecule has 2 N–H and O–H groups in total. The first-order valence-corrected chi connectivity index (χ1v) is 9.18. The summed E-state index contributed by atoms with van der Waals surface area (Å²) in [5.74, 6) is 1.19. The van der Waals surface area contributed by atoms with Crippen LogP contribution in [0.3, 0.4) is 0 Å². The summed E-state index contributed by atoms with van der Waals surface area (Å²) in [5.41, 5.74) is 1.14. The predicted molar refractivity (Wildman–Crippen MR) is 91.8 cm³/mol. The largest absolute Gasteiger partial charge is 0.354 e. The summed E-state index contributed by atoms with van der Waals surface area (Å²) >= 11 is 1.57. The third-order valence-corrected chi connectivity index (χ3v) is 5.12. The normalized spacial score (nSPS) is 17.8. The molecule has 0 spiro atoms. The number of rotatable bonds is 7. The van der Waals surface area contributed by atoms with Gasteiger partial charge in [0.15, 0.2) is 5.16 Å². The van der Waals surface area contributed by atoms with Crippen molar-refractivity contribution < 1.29 is 4.79 Å². The molecule has 2 aromatic rings. The van der Waals surface area contributed by atoms with Gasteiger partial charge in [0, 0.05) is 43.7 Å². The lowest BCUT2D eigenvalue weighted by atomic mass is 9.96. The molecule has 9 heteroatoms. The van der Waals surface area contributed by atoms with Crippen LogP contribution in [0.15, 0.2) is 23.7 Å². The number of carbonyl (C=O) groups is 1. The maximum absolute atomic E-state index is 12.1. The predicted octanol–water partition coefficient (Wildman–Crippen LogP) is 0.387. The molecule has 1 aliphatic heterocycles. The average molecular weight is 349 g/mol. The van der Waals surface area contributed by atoms with Gasteiger partial charge in [-0.1, -0.05) is 11.8 Å². The summed E-state index contributed by atoms with van der Waals surface area (Å²) in [6.07, 6.45) is 5.76. The first kappa shape index (κ1) is 17.0. The molecule has 1 atom stereocenters. The Balaban J connectivity index is 1.43. The highest BCUT2D eigenvalue weighted by Crippen LogP contribution is 2.22. The Morgan fingerprint density at radius 3 is 3.21 bits per heavy atom. The highest BCUT2D eigenvalue weighted by atomic mass is 32.2. The molecule has 3 rings (SSSR count). The number of aromatic nitrogens is 5. The first-order chi connectivity index (χ1) is 11.7. The molecule has 130 valence electrons. The molecule has 1 aliphatic rings. The van der Waals surface area contributed by atoms with E-state index in [1.54, 1.807) is 24.3 Å². The summed E-state index contributed by atoms with van der Waals surface area (Å²) in [7, 11) is 1.90. The standard InChI is InChI=1S/C15H23N7OS/c1-21-11-18-20-15(21)24-8-7-17-14(23)10-22-13(4-6-19-22)12-3-2-5-16-9-12/h4,6,11-12,16H,2-3,5,7-10H2,1H3,(H,17,23). The molecular formula is C15H23N7OS. The fourth-order valence-electron chi connectivity index (χ4n) is 2.85.